The first kappa shape index (κ1) is 15.8. The first-order valence-corrected chi connectivity index (χ1v) is 7.60. The Labute approximate surface area is 127 Å². The molecule has 1 aliphatic rings. The first-order valence-electron chi connectivity index (χ1n) is 7.60. The van der Waals surface area contributed by atoms with E-state index in [1.807, 2.05) is 30.9 Å². The van der Waals surface area contributed by atoms with Crippen molar-refractivity contribution in [1.29, 1.82) is 0 Å². The van der Waals surface area contributed by atoms with Gasteiger partial charge < -0.3 is 14.4 Å². The second kappa shape index (κ2) is 7.46. The van der Waals surface area contributed by atoms with Crippen molar-refractivity contribution >= 4 is 5.91 Å². The molecular formula is C17H25NO3. The Hall–Kier alpha value is -1.55. The van der Waals surface area contributed by atoms with Gasteiger partial charge in [-0.25, -0.2) is 0 Å². The number of benzene rings is 1. The number of hydrogen-bond donors (Lipinski definition) is 0. The van der Waals surface area contributed by atoms with E-state index in [2.05, 4.69) is 12.1 Å². The summed E-state index contributed by atoms with van der Waals surface area (Å²) in [5.41, 5.74) is 1.24. The molecule has 1 fully saturated rings. The molecule has 1 aromatic carbocycles. The van der Waals surface area contributed by atoms with Crippen LogP contribution in [0.3, 0.4) is 0 Å². The fourth-order valence-corrected chi connectivity index (χ4v) is 2.76. The zero-order valence-corrected chi connectivity index (χ0v) is 13.2. The van der Waals surface area contributed by atoms with Crippen molar-refractivity contribution in [2.24, 2.45) is 5.92 Å². The predicted octanol–water partition coefficient (Wildman–Crippen LogP) is 2.51. The zero-order valence-electron chi connectivity index (χ0n) is 13.2. The summed E-state index contributed by atoms with van der Waals surface area (Å²) in [4.78, 5) is 13.8. The molecule has 1 aromatic rings. The van der Waals surface area contributed by atoms with E-state index in [0.29, 0.717) is 25.5 Å². The quantitative estimate of drug-likeness (QED) is 0.775. The minimum absolute atomic E-state index is 0.179. The third-order valence-corrected chi connectivity index (χ3v) is 3.65. The van der Waals surface area contributed by atoms with Crippen LogP contribution in [0.2, 0.25) is 0 Å². The van der Waals surface area contributed by atoms with E-state index >= 15 is 0 Å². The number of rotatable bonds is 7. The summed E-state index contributed by atoms with van der Waals surface area (Å²) in [5.74, 6) is 1.54. The van der Waals surface area contributed by atoms with E-state index in [1.165, 1.54) is 5.56 Å². The highest BCUT2D eigenvalue weighted by Gasteiger charge is 2.29. The topological polar surface area (TPSA) is 38.8 Å². The van der Waals surface area contributed by atoms with Crippen LogP contribution in [0.4, 0.5) is 0 Å². The smallest absolute Gasteiger partial charge is 0.223 e. The second-order valence-corrected chi connectivity index (χ2v) is 5.92. The van der Waals surface area contributed by atoms with Crippen LogP contribution in [0.1, 0.15) is 25.8 Å². The summed E-state index contributed by atoms with van der Waals surface area (Å²) < 4.78 is 10.8. The van der Waals surface area contributed by atoms with Gasteiger partial charge in [0, 0.05) is 26.6 Å². The Bertz CT molecular complexity index is 473. The Balaban J connectivity index is 1.92. The molecule has 0 spiro atoms. The van der Waals surface area contributed by atoms with E-state index in [9.17, 15) is 4.79 Å². The Morgan fingerprint density at radius 3 is 2.90 bits per heavy atom. The summed E-state index contributed by atoms with van der Waals surface area (Å²) in [7, 11) is 1.66. The van der Waals surface area contributed by atoms with Gasteiger partial charge in [-0.3, -0.25) is 4.79 Å². The van der Waals surface area contributed by atoms with E-state index in [0.717, 1.165) is 18.7 Å². The molecular weight excluding hydrogens is 266 g/mol. The van der Waals surface area contributed by atoms with Gasteiger partial charge >= 0.3 is 0 Å². The van der Waals surface area contributed by atoms with E-state index in [4.69, 9.17) is 9.47 Å². The van der Waals surface area contributed by atoms with Crippen LogP contribution < -0.4 is 4.74 Å². The average Bonchev–Trinajstić information content (AvgIpc) is 2.76. The third-order valence-electron chi connectivity index (χ3n) is 3.65. The number of hydrogen-bond acceptors (Lipinski definition) is 3. The first-order chi connectivity index (χ1) is 10.1. The van der Waals surface area contributed by atoms with Gasteiger partial charge in [-0.05, 0) is 43.9 Å². The van der Waals surface area contributed by atoms with Crippen molar-refractivity contribution in [1.82, 2.24) is 4.90 Å². The summed E-state index contributed by atoms with van der Waals surface area (Å²) >= 11 is 0. The standard InChI is InChI=1S/C17H25NO3/c1-13(2)21-16-6-4-5-14(10-16)9-15-11-17(19)18(12-15)7-8-20-3/h4-6,10,13,15H,7-9,11-12H2,1-3H3. The van der Waals surface area contributed by atoms with Gasteiger partial charge in [0.2, 0.25) is 5.91 Å². The Morgan fingerprint density at radius 2 is 2.19 bits per heavy atom. The largest absolute Gasteiger partial charge is 0.491 e. The number of likely N-dealkylation sites (tertiary alicyclic amines) is 1. The zero-order chi connectivity index (χ0) is 15.2. The number of methoxy groups -OCH3 is 1. The minimum Gasteiger partial charge on any atom is -0.491 e. The lowest BCUT2D eigenvalue weighted by molar-refractivity contribution is -0.128. The normalized spacial score (nSPS) is 18.6. The fourth-order valence-electron chi connectivity index (χ4n) is 2.76. The van der Waals surface area contributed by atoms with Gasteiger partial charge in [-0.15, -0.1) is 0 Å². The molecule has 1 atom stereocenters. The van der Waals surface area contributed by atoms with Gasteiger partial charge in [-0.2, -0.15) is 0 Å². The molecule has 0 bridgehead atoms. The van der Waals surface area contributed by atoms with Gasteiger partial charge in [0.25, 0.3) is 0 Å². The summed E-state index contributed by atoms with van der Waals surface area (Å²) in [6, 6.07) is 8.19. The molecule has 1 unspecified atom stereocenters. The molecule has 1 saturated heterocycles. The molecule has 0 aromatic heterocycles. The van der Waals surface area contributed by atoms with Crippen molar-refractivity contribution < 1.29 is 14.3 Å². The number of carbonyl (C=O) groups excluding carboxylic acids is 1. The minimum atomic E-state index is 0.179. The van der Waals surface area contributed by atoms with Crippen LogP contribution in [-0.4, -0.2) is 43.7 Å². The molecule has 2 rings (SSSR count). The Kier molecular flexibility index (Phi) is 5.62. The Morgan fingerprint density at radius 1 is 1.38 bits per heavy atom. The second-order valence-electron chi connectivity index (χ2n) is 5.92. The van der Waals surface area contributed by atoms with Crippen LogP contribution in [0.25, 0.3) is 0 Å². The monoisotopic (exact) mass is 291 g/mol. The number of nitrogens with zero attached hydrogens (tertiary/aromatic N) is 1. The van der Waals surface area contributed by atoms with Crippen LogP contribution >= 0.6 is 0 Å². The summed E-state index contributed by atoms with van der Waals surface area (Å²) in [6.45, 7) is 6.18. The maximum Gasteiger partial charge on any atom is 0.223 e. The summed E-state index contributed by atoms with van der Waals surface area (Å²) in [6.07, 6.45) is 1.74. The van der Waals surface area contributed by atoms with Crippen molar-refractivity contribution in [2.45, 2.75) is 32.8 Å². The van der Waals surface area contributed by atoms with Crippen molar-refractivity contribution in [3.05, 3.63) is 29.8 Å². The van der Waals surface area contributed by atoms with E-state index in [1.54, 1.807) is 7.11 Å². The van der Waals surface area contributed by atoms with Crippen molar-refractivity contribution in [3.8, 4) is 5.75 Å². The lowest BCUT2D eigenvalue weighted by atomic mass is 9.98. The highest BCUT2D eigenvalue weighted by atomic mass is 16.5. The van der Waals surface area contributed by atoms with Crippen LogP contribution in [0.5, 0.6) is 5.75 Å². The highest BCUT2D eigenvalue weighted by molar-refractivity contribution is 5.78. The third kappa shape index (κ3) is 4.74. The molecule has 1 aliphatic heterocycles. The lowest BCUT2D eigenvalue weighted by Gasteiger charge is -2.16. The fraction of sp³-hybridized carbons (Fsp3) is 0.588. The van der Waals surface area contributed by atoms with Gasteiger partial charge in [0.15, 0.2) is 0 Å². The van der Waals surface area contributed by atoms with Gasteiger partial charge in [0.1, 0.15) is 5.75 Å². The van der Waals surface area contributed by atoms with Crippen LogP contribution in [-0.2, 0) is 16.0 Å². The van der Waals surface area contributed by atoms with E-state index < -0.39 is 0 Å². The molecule has 0 N–H and O–H groups in total. The average molecular weight is 291 g/mol. The summed E-state index contributed by atoms with van der Waals surface area (Å²) in [5, 5.41) is 0. The molecule has 4 nitrogen and oxygen atoms in total. The number of amides is 1. The maximum atomic E-state index is 11.9. The van der Waals surface area contributed by atoms with Crippen molar-refractivity contribution in [2.75, 3.05) is 26.8 Å². The molecule has 0 aliphatic carbocycles. The van der Waals surface area contributed by atoms with Gasteiger partial charge in [-0.1, -0.05) is 12.1 Å². The SMILES string of the molecule is COCCN1CC(Cc2cccc(OC(C)C)c2)CC1=O. The molecule has 21 heavy (non-hydrogen) atoms. The molecule has 1 amide bonds. The predicted molar refractivity (Wildman–Crippen MR) is 82.5 cm³/mol. The highest BCUT2D eigenvalue weighted by Crippen LogP contribution is 2.24. The molecule has 4 heteroatoms. The maximum absolute atomic E-state index is 11.9. The van der Waals surface area contributed by atoms with Crippen LogP contribution in [0, 0.1) is 5.92 Å². The van der Waals surface area contributed by atoms with E-state index in [-0.39, 0.29) is 12.0 Å². The lowest BCUT2D eigenvalue weighted by Crippen LogP contribution is -2.28. The van der Waals surface area contributed by atoms with Crippen molar-refractivity contribution in [3.63, 3.8) is 0 Å². The van der Waals surface area contributed by atoms with Gasteiger partial charge in [0.05, 0.1) is 12.7 Å². The molecule has 116 valence electrons. The van der Waals surface area contributed by atoms with Crippen LogP contribution in [0.15, 0.2) is 24.3 Å². The molecule has 0 radical (unpaired) electrons. The molecule has 1 heterocycles. The molecule has 0 saturated carbocycles. The number of ether oxygens (including phenoxy) is 2. The number of carbonyl (C=O) groups is 1.